The number of nitrogens with two attached hydrogens (primary N) is 1. The number of aryl methyl sites for hydroxylation is 1. The molecule has 14 heavy (non-hydrogen) atoms. The molecule has 0 radical (unpaired) electrons. The molecule has 0 aliphatic heterocycles. The van der Waals surface area contributed by atoms with Gasteiger partial charge in [-0.3, -0.25) is 4.68 Å². The average Bonchev–Trinajstić information content (AvgIpc) is 2.27. The number of sulfonamides is 1. The predicted molar refractivity (Wildman–Crippen MR) is 57.6 cm³/mol. The molecule has 0 amide bonds. The fraction of sp³-hybridized carbons (Fsp3) is 0.571. The minimum absolute atomic E-state index is 0.166. The summed E-state index contributed by atoms with van der Waals surface area (Å²) in [7, 11) is -3.71. The Morgan fingerprint density at radius 1 is 1.43 bits per heavy atom. The lowest BCUT2D eigenvalue weighted by atomic mass is 10.7. The SMILES string of the molecule is Cn1cc(S(N)(=O)=O)c([Si](C)(C)C)n1. The molecule has 1 aromatic heterocycles. The van der Waals surface area contributed by atoms with Gasteiger partial charge in [-0.25, -0.2) is 13.6 Å². The van der Waals surface area contributed by atoms with Crippen LogP contribution in [0.2, 0.25) is 19.6 Å². The highest BCUT2D eigenvalue weighted by Gasteiger charge is 2.28. The van der Waals surface area contributed by atoms with Crippen LogP contribution >= 0.6 is 0 Å². The van der Waals surface area contributed by atoms with Gasteiger partial charge in [0.1, 0.15) is 13.0 Å². The molecule has 1 aromatic rings. The zero-order chi connectivity index (χ0) is 11.1. The third kappa shape index (κ3) is 2.22. The van der Waals surface area contributed by atoms with E-state index in [-0.39, 0.29) is 4.90 Å². The second-order valence-electron chi connectivity index (χ2n) is 4.31. The largest absolute Gasteiger partial charge is 0.275 e. The highest BCUT2D eigenvalue weighted by molar-refractivity contribution is 7.89. The molecular formula is C7H15N3O2SSi. The normalized spacial score (nSPS) is 13.2. The van der Waals surface area contributed by atoms with E-state index >= 15 is 0 Å². The summed E-state index contributed by atoms with van der Waals surface area (Å²) in [6, 6.07) is 0. The second kappa shape index (κ2) is 3.18. The van der Waals surface area contributed by atoms with Gasteiger partial charge in [-0.2, -0.15) is 5.10 Å². The van der Waals surface area contributed by atoms with E-state index in [0.29, 0.717) is 5.32 Å². The lowest BCUT2D eigenvalue weighted by Crippen LogP contribution is -2.42. The van der Waals surface area contributed by atoms with Crippen LogP contribution in [0.1, 0.15) is 0 Å². The molecule has 0 aromatic carbocycles. The van der Waals surface area contributed by atoms with Crippen LogP contribution in [0.5, 0.6) is 0 Å². The Bertz CT molecular complexity index is 444. The monoisotopic (exact) mass is 233 g/mol. The molecule has 5 nitrogen and oxygen atoms in total. The van der Waals surface area contributed by atoms with Crippen molar-refractivity contribution >= 4 is 23.4 Å². The molecule has 0 aliphatic rings. The summed E-state index contributed by atoms with van der Waals surface area (Å²) in [5.41, 5.74) is 0. The van der Waals surface area contributed by atoms with Gasteiger partial charge in [0.15, 0.2) is 0 Å². The quantitative estimate of drug-likeness (QED) is 0.707. The molecule has 0 fully saturated rings. The van der Waals surface area contributed by atoms with E-state index in [4.69, 9.17) is 5.14 Å². The topological polar surface area (TPSA) is 78.0 Å². The first kappa shape index (κ1) is 11.4. The van der Waals surface area contributed by atoms with Crippen LogP contribution in [0.4, 0.5) is 0 Å². The van der Waals surface area contributed by atoms with E-state index in [2.05, 4.69) is 5.10 Å². The van der Waals surface area contributed by atoms with Crippen molar-refractivity contribution in [2.45, 2.75) is 24.5 Å². The summed E-state index contributed by atoms with van der Waals surface area (Å²) in [6.45, 7) is 6.10. The van der Waals surface area contributed by atoms with Gasteiger partial charge in [-0.15, -0.1) is 0 Å². The first-order valence-electron chi connectivity index (χ1n) is 4.19. The fourth-order valence-electron chi connectivity index (χ4n) is 1.19. The maximum atomic E-state index is 11.3. The lowest BCUT2D eigenvalue weighted by molar-refractivity contribution is 0.598. The molecule has 7 heteroatoms. The first-order chi connectivity index (χ1) is 6.12. The van der Waals surface area contributed by atoms with Gasteiger partial charge in [0, 0.05) is 13.2 Å². The number of hydrogen-bond donors (Lipinski definition) is 1. The van der Waals surface area contributed by atoms with Gasteiger partial charge in [0.25, 0.3) is 0 Å². The number of nitrogens with zero attached hydrogens (tertiary/aromatic N) is 2. The van der Waals surface area contributed by atoms with Crippen LogP contribution < -0.4 is 10.5 Å². The molecule has 0 aliphatic carbocycles. The van der Waals surface area contributed by atoms with E-state index in [0.717, 1.165) is 0 Å². The van der Waals surface area contributed by atoms with Crippen molar-refractivity contribution < 1.29 is 8.42 Å². The summed E-state index contributed by atoms with van der Waals surface area (Å²) in [5.74, 6) is 0. The molecule has 1 rings (SSSR count). The van der Waals surface area contributed by atoms with Crippen molar-refractivity contribution in [2.24, 2.45) is 12.2 Å². The maximum Gasteiger partial charge on any atom is 0.241 e. The number of hydrogen-bond acceptors (Lipinski definition) is 3. The number of primary sulfonamides is 1. The molecule has 0 saturated carbocycles. The molecule has 0 saturated heterocycles. The predicted octanol–water partition coefficient (Wildman–Crippen LogP) is -0.387. The Balaban J connectivity index is 3.46. The third-order valence-corrected chi connectivity index (χ3v) is 4.70. The Morgan fingerprint density at radius 3 is 2.21 bits per heavy atom. The highest BCUT2D eigenvalue weighted by atomic mass is 32.2. The van der Waals surface area contributed by atoms with E-state index in [1.54, 1.807) is 7.05 Å². The molecule has 80 valence electrons. The van der Waals surface area contributed by atoms with Crippen molar-refractivity contribution in [1.82, 2.24) is 9.78 Å². The van der Waals surface area contributed by atoms with Crippen molar-refractivity contribution in [3.8, 4) is 0 Å². The van der Waals surface area contributed by atoms with Crippen LogP contribution in [0.15, 0.2) is 11.1 Å². The number of rotatable bonds is 2. The zero-order valence-corrected chi connectivity index (χ0v) is 10.6. The minimum atomic E-state index is -3.64. The number of aromatic nitrogens is 2. The summed E-state index contributed by atoms with van der Waals surface area (Å²) in [6.07, 6.45) is 1.46. The fourth-order valence-corrected chi connectivity index (χ4v) is 4.41. The molecule has 0 atom stereocenters. The Kier molecular flexibility index (Phi) is 2.59. The van der Waals surface area contributed by atoms with Crippen molar-refractivity contribution in [3.05, 3.63) is 6.20 Å². The summed E-state index contributed by atoms with van der Waals surface area (Å²) < 4.78 is 24.0. The van der Waals surface area contributed by atoms with Crippen LogP contribution in [0, 0.1) is 0 Å². The van der Waals surface area contributed by atoms with Crippen LogP contribution in [0.25, 0.3) is 0 Å². The second-order valence-corrected chi connectivity index (χ2v) is 10.8. The summed E-state index contributed by atoms with van der Waals surface area (Å²) in [4.78, 5) is 0.166. The van der Waals surface area contributed by atoms with Gasteiger partial charge in [-0.05, 0) is 0 Å². The van der Waals surface area contributed by atoms with Crippen molar-refractivity contribution in [2.75, 3.05) is 0 Å². The van der Waals surface area contributed by atoms with Gasteiger partial charge in [0.2, 0.25) is 10.0 Å². The molecule has 2 N–H and O–H groups in total. The zero-order valence-electron chi connectivity index (χ0n) is 8.77. The third-order valence-electron chi connectivity index (χ3n) is 1.81. The van der Waals surface area contributed by atoms with Gasteiger partial charge in [0.05, 0.1) is 5.32 Å². The Labute approximate surface area is 85.0 Å². The van der Waals surface area contributed by atoms with E-state index in [1.807, 2.05) is 19.6 Å². The smallest absolute Gasteiger partial charge is 0.241 e. The van der Waals surface area contributed by atoms with Crippen LogP contribution in [0.3, 0.4) is 0 Å². The Morgan fingerprint density at radius 2 is 1.93 bits per heavy atom. The van der Waals surface area contributed by atoms with E-state index in [1.165, 1.54) is 10.9 Å². The standard InChI is InChI=1S/C7H15N3O2SSi/c1-10-5-6(13(8,11)12)7(9-10)14(2,3)4/h5H,1-4H3,(H2,8,11,12). The molecular weight excluding hydrogens is 218 g/mol. The molecule has 0 unspecified atom stereocenters. The van der Waals surface area contributed by atoms with Crippen molar-refractivity contribution in [1.29, 1.82) is 0 Å². The van der Waals surface area contributed by atoms with Crippen LogP contribution in [-0.2, 0) is 17.1 Å². The summed E-state index contributed by atoms with van der Waals surface area (Å²) >= 11 is 0. The minimum Gasteiger partial charge on any atom is -0.275 e. The Hall–Kier alpha value is -0.663. The van der Waals surface area contributed by atoms with Gasteiger partial charge in [-0.1, -0.05) is 19.6 Å². The van der Waals surface area contributed by atoms with Gasteiger partial charge >= 0.3 is 0 Å². The molecule has 0 spiro atoms. The highest BCUT2D eigenvalue weighted by Crippen LogP contribution is 2.09. The lowest BCUT2D eigenvalue weighted by Gasteiger charge is -2.13. The molecule has 1 heterocycles. The maximum absolute atomic E-state index is 11.3. The first-order valence-corrected chi connectivity index (χ1v) is 9.24. The summed E-state index contributed by atoms with van der Waals surface area (Å²) in [5, 5.41) is 9.92. The van der Waals surface area contributed by atoms with Gasteiger partial charge < -0.3 is 0 Å². The molecule has 0 bridgehead atoms. The van der Waals surface area contributed by atoms with Crippen LogP contribution in [-0.4, -0.2) is 26.3 Å². The van der Waals surface area contributed by atoms with E-state index < -0.39 is 18.1 Å². The van der Waals surface area contributed by atoms with E-state index in [9.17, 15) is 8.42 Å². The van der Waals surface area contributed by atoms with Crippen molar-refractivity contribution in [3.63, 3.8) is 0 Å². The average molecular weight is 233 g/mol.